The van der Waals surface area contributed by atoms with Gasteiger partial charge in [0.2, 0.25) is 0 Å². The Labute approximate surface area is 120 Å². The summed E-state index contributed by atoms with van der Waals surface area (Å²) in [5, 5.41) is 3.04. The van der Waals surface area contributed by atoms with Gasteiger partial charge < -0.3 is 5.32 Å². The summed E-state index contributed by atoms with van der Waals surface area (Å²) in [6, 6.07) is 4.40. The fourth-order valence-electron chi connectivity index (χ4n) is 2.44. The highest BCUT2D eigenvalue weighted by atomic mass is 127. The minimum atomic E-state index is -0.317. The lowest BCUT2D eigenvalue weighted by molar-refractivity contribution is 0.0942. The van der Waals surface area contributed by atoms with Gasteiger partial charge in [-0.2, -0.15) is 0 Å². The third kappa shape index (κ3) is 2.04. The largest absolute Gasteiger partial charge is 0.348 e. The van der Waals surface area contributed by atoms with Crippen molar-refractivity contribution in [3.8, 4) is 0 Å². The molecule has 0 atom stereocenters. The van der Waals surface area contributed by atoms with Crippen molar-refractivity contribution >= 4 is 28.5 Å². The Bertz CT molecular complexity index is 497. The molecule has 18 heavy (non-hydrogen) atoms. The monoisotopic (exact) mass is 361 g/mol. The van der Waals surface area contributed by atoms with Crippen LogP contribution in [0.2, 0.25) is 0 Å². The van der Waals surface area contributed by atoms with Gasteiger partial charge in [0.15, 0.2) is 0 Å². The Morgan fingerprint density at radius 3 is 2.28 bits per heavy atom. The van der Waals surface area contributed by atoms with Gasteiger partial charge in [-0.1, -0.05) is 27.7 Å². The number of carbonyl (C=O) groups excluding carboxylic acids is 1. The molecule has 4 heteroatoms. The maximum absolute atomic E-state index is 13.0. The average Bonchev–Trinajstić information content (AvgIpc) is 2.60. The number of nitrogens with one attached hydrogen (secondary N) is 1. The highest BCUT2D eigenvalue weighted by Gasteiger charge is 2.65. The lowest BCUT2D eigenvalue weighted by atomic mass is 10.0. The van der Waals surface area contributed by atoms with Gasteiger partial charge in [-0.05, 0) is 51.6 Å². The molecule has 1 aliphatic carbocycles. The molecule has 1 N–H and O–H groups in total. The van der Waals surface area contributed by atoms with Gasteiger partial charge in [-0.25, -0.2) is 4.39 Å². The van der Waals surface area contributed by atoms with Crippen molar-refractivity contribution in [2.75, 3.05) is 0 Å². The number of hydrogen-bond donors (Lipinski definition) is 1. The second-order valence-electron chi connectivity index (χ2n) is 5.97. The molecule has 98 valence electrons. The van der Waals surface area contributed by atoms with Gasteiger partial charge in [0.1, 0.15) is 5.82 Å². The number of halogens is 2. The summed E-state index contributed by atoms with van der Waals surface area (Å²) in [6.07, 6.45) is 0. The number of carbonyl (C=O) groups is 1. The van der Waals surface area contributed by atoms with Crippen LogP contribution in [-0.4, -0.2) is 11.9 Å². The van der Waals surface area contributed by atoms with Crippen molar-refractivity contribution in [3.05, 3.63) is 33.1 Å². The molecule has 0 spiro atoms. The van der Waals surface area contributed by atoms with Crippen LogP contribution in [-0.2, 0) is 0 Å². The van der Waals surface area contributed by atoms with Gasteiger partial charge in [-0.15, -0.1) is 0 Å². The second kappa shape index (κ2) is 4.18. The fraction of sp³-hybridized carbons (Fsp3) is 0.500. The van der Waals surface area contributed by atoms with Crippen LogP contribution in [0.3, 0.4) is 0 Å². The Hall–Kier alpha value is -0.650. The molecule has 0 radical (unpaired) electrons. The molecule has 0 unspecified atom stereocenters. The van der Waals surface area contributed by atoms with E-state index in [-0.39, 0.29) is 28.6 Å². The molecule has 1 saturated carbocycles. The van der Waals surface area contributed by atoms with Crippen LogP contribution in [0.25, 0.3) is 0 Å². The normalized spacial score (nSPS) is 20.6. The van der Waals surface area contributed by atoms with Crippen LogP contribution in [0.15, 0.2) is 18.2 Å². The van der Waals surface area contributed by atoms with E-state index in [0.29, 0.717) is 9.13 Å². The summed E-state index contributed by atoms with van der Waals surface area (Å²) in [7, 11) is 0. The molecule has 1 fully saturated rings. The van der Waals surface area contributed by atoms with E-state index in [0.717, 1.165) is 0 Å². The first-order valence-electron chi connectivity index (χ1n) is 5.94. The first-order chi connectivity index (χ1) is 8.18. The van der Waals surface area contributed by atoms with Crippen LogP contribution in [0.5, 0.6) is 0 Å². The SMILES string of the molecule is CC1(C)C(NC(=O)c2ccc(F)cc2I)C1(C)C. The fourth-order valence-corrected chi connectivity index (χ4v) is 3.16. The maximum Gasteiger partial charge on any atom is 0.252 e. The highest BCUT2D eigenvalue weighted by Crippen LogP contribution is 2.62. The van der Waals surface area contributed by atoms with Crippen LogP contribution in [0, 0.1) is 20.2 Å². The smallest absolute Gasteiger partial charge is 0.252 e. The molecule has 0 aromatic heterocycles. The van der Waals surface area contributed by atoms with Crippen molar-refractivity contribution in [3.63, 3.8) is 0 Å². The van der Waals surface area contributed by atoms with Gasteiger partial charge in [0.05, 0.1) is 5.56 Å². The van der Waals surface area contributed by atoms with E-state index in [1.54, 1.807) is 0 Å². The molecule has 1 amide bonds. The van der Waals surface area contributed by atoms with Crippen LogP contribution >= 0.6 is 22.6 Å². The summed E-state index contributed by atoms with van der Waals surface area (Å²) in [5.74, 6) is -0.439. The topological polar surface area (TPSA) is 29.1 Å². The van der Waals surface area contributed by atoms with Crippen LogP contribution < -0.4 is 5.32 Å². The third-order valence-corrected chi connectivity index (χ3v) is 5.36. The first kappa shape index (κ1) is 13.8. The summed E-state index contributed by atoms with van der Waals surface area (Å²) < 4.78 is 13.6. The predicted octanol–water partition coefficient (Wildman–Crippen LogP) is 3.59. The first-order valence-corrected chi connectivity index (χ1v) is 7.01. The molecular weight excluding hydrogens is 344 g/mol. The van der Waals surface area contributed by atoms with Crippen molar-refractivity contribution in [1.29, 1.82) is 0 Å². The summed E-state index contributed by atoms with van der Waals surface area (Å²) >= 11 is 1.99. The van der Waals surface area contributed by atoms with E-state index in [4.69, 9.17) is 0 Å². The number of hydrogen-bond acceptors (Lipinski definition) is 1. The van der Waals surface area contributed by atoms with E-state index in [1.165, 1.54) is 18.2 Å². The van der Waals surface area contributed by atoms with Gasteiger partial charge in [-0.3, -0.25) is 4.79 Å². The molecule has 1 aromatic carbocycles. The number of amides is 1. The van der Waals surface area contributed by atoms with Crippen molar-refractivity contribution < 1.29 is 9.18 Å². The number of benzene rings is 1. The number of rotatable bonds is 2. The summed E-state index contributed by atoms with van der Waals surface area (Å²) in [4.78, 5) is 12.2. The molecule has 0 bridgehead atoms. The van der Waals surface area contributed by atoms with Crippen LogP contribution in [0.1, 0.15) is 38.1 Å². The molecule has 2 nitrogen and oxygen atoms in total. The Morgan fingerprint density at radius 1 is 1.28 bits per heavy atom. The van der Waals surface area contributed by atoms with E-state index >= 15 is 0 Å². The molecule has 0 aliphatic heterocycles. The van der Waals surface area contributed by atoms with Crippen LogP contribution in [0.4, 0.5) is 4.39 Å². The quantitative estimate of drug-likeness (QED) is 0.802. The van der Waals surface area contributed by atoms with E-state index < -0.39 is 0 Å². The van der Waals surface area contributed by atoms with Gasteiger partial charge in [0.25, 0.3) is 5.91 Å². The van der Waals surface area contributed by atoms with Gasteiger partial charge in [0, 0.05) is 9.61 Å². The molecule has 1 aliphatic rings. The molecular formula is C14H17FINO. The summed E-state index contributed by atoms with van der Waals surface area (Å²) in [5.41, 5.74) is 0.748. The zero-order valence-electron chi connectivity index (χ0n) is 11.0. The van der Waals surface area contributed by atoms with E-state index in [9.17, 15) is 9.18 Å². The van der Waals surface area contributed by atoms with Crippen molar-refractivity contribution in [1.82, 2.24) is 5.32 Å². The Kier molecular flexibility index (Phi) is 3.20. The highest BCUT2D eigenvalue weighted by molar-refractivity contribution is 14.1. The molecule has 0 heterocycles. The molecule has 0 saturated heterocycles. The Morgan fingerprint density at radius 2 is 1.83 bits per heavy atom. The lowest BCUT2D eigenvalue weighted by Crippen LogP contribution is -2.30. The second-order valence-corrected chi connectivity index (χ2v) is 7.14. The minimum absolute atomic E-state index is 0.105. The average molecular weight is 361 g/mol. The Balaban J connectivity index is 2.15. The minimum Gasteiger partial charge on any atom is -0.348 e. The predicted molar refractivity (Wildman–Crippen MR) is 77.9 cm³/mol. The zero-order chi connectivity index (χ0) is 13.7. The zero-order valence-corrected chi connectivity index (χ0v) is 13.1. The maximum atomic E-state index is 13.0. The van der Waals surface area contributed by atoms with Crippen molar-refractivity contribution in [2.45, 2.75) is 33.7 Å². The lowest BCUT2D eigenvalue weighted by Gasteiger charge is -2.08. The standard InChI is InChI=1S/C14H17FINO/c1-13(2)12(14(13,3)4)17-11(18)9-6-5-8(15)7-10(9)16/h5-7,12H,1-4H3,(H,17,18). The van der Waals surface area contributed by atoms with E-state index in [1.807, 2.05) is 22.6 Å². The van der Waals surface area contributed by atoms with E-state index in [2.05, 4.69) is 33.0 Å². The van der Waals surface area contributed by atoms with Gasteiger partial charge >= 0.3 is 0 Å². The van der Waals surface area contributed by atoms with Crippen molar-refractivity contribution in [2.24, 2.45) is 10.8 Å². The summed E-state index contributed by atoms with van der Waals surface area (Å²) in [6.45, 7) is 8.59. The third-order valence-electron chi connectivity index (χ3n) is 4.47. The molecule has 2 rings (SSSR count). The molecule has 1 aromatic rings.